The van der Waals surface area contributed by atoms with Gasteiger partial charge in [-0.05, 0) is 56.5 Å². The van der Waals surface area contributed by atoms with Crippen molar-refractivity contribution in [3.8, 4) is 0 Å². The van der Waals surface area contributed by atoms with Gasteiger partial charge in [0.25, 0.3) is 0 Å². The molecule has 0 spiro atoms. The van der Waals surface area contributed by atoms with E-state index in [9.17, 15) is 9.90 Å². The van der Waals surface area contributed by atoms with E-state index in [0.717, 1.165) is 37.2 Å². The summed E-state index contributed by atoms with van der Waals surface area (Å²) in [5.41, 5.74) is 1.24. The minimum atomic E-state index is -0.815. The first kappa shape index (κ1) is 12.5. The van der Waals surface area contributed by atoms with Crippen molar-refractivity contribution in [2.24, 2.45) is 5.92 Å². The van der Waals surface area contributed by atoms with Crippen molar-refractivity contribution in [2.75, 3.05) is 25.0 Å². The Balaban J connectivity index is 1.91. The molecule has 0 aliphatic carbocycles. The van der Waals surface area contributed by atoms with Gasteiger partial charge in [-0.25, -0.2) is 4.79 Å². The fraction of sp³-hybridized carbons (Fsp3) is 0.533. The molecule has 1 unspecified atom stereocenters. The fourth-order valence-electron chi connectivity index (χ4n) is 3.48. The Morgan fingerprint density at radius 2 is 2.16 bits per heavy atom. The molecule has 1 aromatic carbocycles. The lowest BCUT2D eigenvalue weighted by Crippen LogP contribution is -2.66. The maximum absolute atomic E-state index is 11.9. The Kier molecular flexibility index (Phi) is 2.97. The van der Waals surface area contributed by atoms with Crippen molar-refractivity contribution in [1.29, 1.82) is 0 Å². The van der Waals surface area contributed by atoms with E-state index in [-0.39, 0.29) is 5.92 Å². The zero-order chi connectivity index (χ0) is 13.5. The van der Waals surface area contributed by atoms with Gasteiger partial charge in [0, 0.05) is 12.2 Å². The number of carboxylic acids is 1. The Morgan fingerprint density at radius 3 is 2.68 bits per heavy atom. The van der Waals surface area contributed by atoms with Crippen LogP contribution in [0.2, 0.25) is 0 Å². The predicted molar refractivity (Wildman–Crippen MR) is 74.3 cm³/mol. The van der Waals surface area contributed by atoms with Crippen LogP contribution in [0, 0.1) is 12.8 Å². The molecule has 4 rings (SSSR count). The Bertz CT molecular complexity index is 495. The molecule has 4 heteroatoms. The number of hydrogen-bond acceptors (Lipinski definition) is 3. The summed E-state index contributed by atoms with van der Waals surface area (Å²) >= 11 is 0. The lowest BCUT2D eigenvalue weighted by Gasteiger charge is -2.51. The van der Waals surface area contributed by atoms with Crippen LogP contribution in [-0.4, -0.2) is 41.1 Å². The van der Waals surface area contributed by atoms with Crippen molar-refractivity contribution in [3.05, 3.63) is 29.8 Å². The van der Waals surface area contributed by atoms with Gasteiger partial charge in [-0.1, -0.05) is 12.1 Å². The molecular weight excluding hydrogens is 240 g/mol. The zero-order valence-corrected chi connectivity index (χ0v) is 11.2. The number of aliphatic carboxylic acids is 1. The summed E-state index contributed by atoms with van der Waals surface area (Å²) in [5, 5.41) is 13.1. The van der Waals surface area contributed by atoms with Gasteiger partial charge < -0.3 is 15.3 Å². The molecule has 4 nitrogen and oxygen atoms in total. The average molecular weight is 260 g/mol. The molecular formula is C15H20N2O2. The number of benzene rings is 1. The second kappa shape index (κ2) is 4.53. The van der Waals surface area contributed by atoms with Gasteiger partial charge in [0.05, 0.1) is 0 Å². The number of carboxylic acid groups (broad SMARTS) is 1. The highest BCUT2D eigenvalue weighted by Crippen LogP contribution is 2.38. The number of fused-ring (bicyclic) bond motifs is 3. The van der Waals surface area contributed by atoms with Crippen LogP contribution in [0.5, 0.6) is 0 Å². The van der Waals surface area contributed by atoms with Gasteiger partial charge in [0.15, 0.2) is 5.54 Å². The molecule has 1 aromatic rings. The first-order valence-corrected chi connectivity index (χ1v) is 6.91. The van der Waals surface area contributed by atoms with E-state index in [1.165, 1.54) is 0 Å². The number of hydrogen-bond donors (Lipinski definition) is 2. The molecule has 0 amide bonds. The van der Waals surface area contributed by atoms with E-state index in [1.807, 2.05) is 31.2 Å². The summed E-state index contributed by atoms with van der Waals surface area (Å²) in [6.07, 6.45) is 1.95. The topological polar surface area (TPSA) is 52.6 Å². The molecule has 3 aliphatic rings. The van der Waals surface area contributed by atoms with Crippen molar-refractivity contribution >= 4 is 11.7 Å². The van der Waals surface area contributed by atoms with Crippen molar-refractivity contribution < 1.29 is 9.90 Å². The minimum Gasteiger partial charge on any atom is -0.479 e. The van der Waals surface area contributed by atoms with E-state index < -0.39 is 11.5 Å². The van der Waals surface area contributed by atoms with Crippen LogP contribution >= 0.6 is 0 Å². The second-order valence-corrected chi connectivity index (χ2v) is 5.82. The van der Waals surface area contributed by atoms with Crippen molar-refractivity contribution in [2.45, 2.75) is 25.3 Å². The summed E-state index contributed by atoms with van der Waals surface area (Å²) in [6, 6.07) is 7.96. The SMILES string of the molecule is Cc1cccc(NC2(C(=O)O)CN3CCC2CC3)c1. The number of nitrogens with zero attached hydrogens (tertiary/aromatic N) is 1. The lowest BCUT2D eigenvalue weighted by atomic mass is 9.72. The summed E-state index contributed by atoms with van der Waals surface area (Å²) in [7, 11) is 0. The first-order chi connectivity index (χ1) is 9.10. The van der Waals surface area contributed by atoms with Crippen molar-refractivity contribution in [1.82, 2.24) is 4.90 Å². The first-order valence-electron chi connectivity index (χ1n) is 6.91. The maximum Gasteiger partial charge on any atom is 0.330 e. The smallest absolute Gasteiger partial charge is 0.330 e. The number of piperidine rings is 3. The fourth-order valence-corrected chi connectivity index (χ4v) is 3.48. The van der Waals surface area contributed by atoms with Gasteiger partial charge in [-0.3, -0.25) is 0 Å². The molecule has 3 heterocycles. The molecule has 19 heavy (non-hydrogen) atoms. The summed E-state index contributed by atoms with van der Waals surface area (Å²) in [4.78, 5) is 14.1. The number of anilines is 1. The van der Waals surface area contributed by atoms with Crippen LogP contribution in [0.15, 0.2) is 24.3 Å². The third-order valence-electron chi connectivity index (χ3n) is 4.52. The quantitative estimate of drug-likeness (QED) is 0.872. The van der Waals surface area contributed by atoms with Crippen LogP contribution in [0.1, 0.15) is 18.4 Å². The van der Waals surface area contributed by atoms with E-state index >= 15 is 0 Å². The zero-order valence-electron chi connectivity index (χ0n) is 11.2. The number of nitrogens with one attached hydrogen (secondary N) is 1. The van der Waals surface area contributed by atoms with Gasteiger partial charge >= 0.3 is 5.97 Å². The molecule has 3 saturated heterocycles. The van der Waals surface area contributed by atoms with Crippen LogP contribution in [0.3, 0.4) is 0 Å². The second-order valence-electron chi connectivity index (χ2n) is 5.82. The molecule has 2 bridgehead atoms. The van der Waals surface area contributed by atoms with Gasteiger partial charge in [0.2, 0.25) is 0 Å². The molecule has 0 radical (unpaired) electrons. The molecule has 102 valence electrons. The number of aryl methyl sites for hydroxylation is 1. The van der Waals surface area contributed by atoms with Gasteiger partial charge in [-0.15, -0.1) is 0 Å². The number of rotatable bonds is 3. The minimum absolute atomic E-state index is 0.232. The van der Waals surface area contributed by atoms with Gasteiger partial charge in [-0.2, -0.15) is 0 Å². The third kappa shape index (κ3) is 2.10. The molecule has 2 N–H and O–H groups in total. The monoisotopic (exact) mass is 260 g/mol. The highest BCUT2D eigenvalue weighted by molar-refractivity contribution is 5.84. The van der Waals surface area contributed by atoms with E-state index in [4.69, 9.17) is 0 Å². The highest BCUT2D eigenvalue weighted by Gasteiger charge is 2.52. The Morgan fingerprint density at radius 1 is 1.42 bits per heavy atom. The van der Waals surface area contributed by atoms with E-state index in [1.54, 1.807) is 0 Å². The maximum atomic E-state index is 11.9. The van der Waals surface area contributed by atoms with Gasteiger partial charge in [0.1, 0.15) is 0 Å². The predicted octanol–water partition coefficient (Wildman–Crippen LogP) is 1.96. The molecule has 1 atom stereocenters. The normalized spacial score (nSPS) is 33.1. The van der Waals surface area contributed by atoms with Crippen LogP contribution in [0.4, 0.5) is 5.69 Å². The number of carbonyl (C=O) groups is 1. The largest absolute Gasteiger partial charge is 0.479 e. The Labute approximate surface area is 113 Å². The Hall–Kier alpha value is -1.55. The molecule has 0 aromatic heterocycles. The molecule has 3 fully saturated rings. The van der Waals surface area contributed by atoms with E-state index in [2.05, 4.69) is 10.2 Å². The summed E-state index contributed by atoms with van der Waals surface area (Å²) < 4.78 is 0. The molecule has 3 aliphatic heterocycles. The standard InChI is InChI=1S/C15H20N2O2/c1-11-3-2-4-13(9-11)16-15(14(18)19)10-17-7-5-12(15)6-8-17/h2-4,9,12,16H,5-8,10H2,1H3,(H,18,19). The lowest BCUT2D eigenvalue weighted by molar-refractivity contribution is -0.149. The third-order valence-corrected chi connectivity index (χ3v) is 4.52. The summed E-state index contributed by atoms with van der Waals surface area (Å²) in [6.45, 7) is 4.71. The highest BCUT2D eigenvalue weighted by atomic mass is 16.4. The van der Waals surface area contributed by atoms with Crippen LogP contribution in [-0.2, 0) is 4.79 Å². The summed E-state index contributed by atoms with van der Waals surface area (Å²) in [5.74, 6) is -0.487. The average Bonchev–Trinajstić information content (AvgIpc) is 2.40. The van der Waals surface area contributed by atoms with Crippen LogP contribution in [0.25, 0.3) is 0 Å². The van der Waals surface area contributed by atoms with Crippen LogP contribution < -0.4 is 5.32 Å². The van der Waals surface area contributed by atoms with E-state index in [0.29, 0.717) is 6.54 Å². The van der Waals surface area contributed by atoms with Crippen molar-refractivity contribution in [3.63, 3.8) is 0 Å². The molecule has 0 saturated carbocycles.